The molecule has 0 fully saturated rings. The minimum absolute atomic E-state index is 0.241. The summed E-state index contributed by atoms with van der Waals surface area (Å²) in [7, 11) is 0. The molecular formula is C17H24N4O2S2. The fraction of sp³-hybridized carbons (Fsp3) is 0.471. The number of amidine groups is 1. The van der Waals surface area contributed by atoms with Crippen molar-refractivity contribution in [2.24, 2.45) is 10.9 Å². The van der Waals surface area contributed by atoms with Crippen molar-refractivity contribution in [1.29, 1.82) is 0 Å². The second-order valence-electron chi connectivity index (χ2n) is 6.85. The van der Waals surface area contributed by atoms with E-state index in [-0.39, 0.29) is 11.8 Å². The summed E-state index contributed by atoms with van der Waals surface area (Å²) in [6.07, 6.45) is 0. The molecule has 0 aliphatic carbocycles. The number of carbonyl (C=O) groups excluding carboxylic acids is 1. The molecule has 1 aliphatic rings. The number of aliphatic imine (C=N–C) groups is 1. The highest BCUT2D eigenvalue weighted by molar-refractivity contribution is 8.05. The molecule has 8 heteroatoms. The van der Waals surface area contributed by atoms with Crippen molar-refractivity contribution < 1.29 is 9.35 Å². The number of amides is 2. The molecule has 0 bridgehead atoms. The summed E-state index contributed by atoms with van der Waals surface area (Å²) in [5, 5.41) is 9.11. The van der Waals surface area contributed by atoms with Crippen LogP contribution in [-0.4, -0.2) is 32.8 Å². The number of hydrogen-bond donors (Lipinski definition) is 3. The number of hydrogen-bond acceptors (Lipinski definition) is 4. The molecule has 1 heterocycles. The van der Waals surface area contributed by atoms with E-state index in [2.05, 4.69) is 20.9 Å². The number of rotatable bonds is 5. The van der Waals surface area contributed by atoms with Crippen LogP contribution in [0.4, 0.5) is 10.5 Å². The predicted octanol–water partition coefficient (Wildman–Crippen LogP) is 2.78. The number of urea groups is 1. The summed E-state index contributed by atoms with van der Waals surface area (Å²) in [6.45, 7) is 8.44. The Morgan fingerprint density at radius 2 is 2.08 bits per heavy atom. The molecule has 3 N–H and O–H groups in total. The summed E-state index contributed by atoms with van der Waals surface area (Å²) in [6, 6.07) is 7.04. The second-order valence-corrected chi connectivity index (χ2v) is 8.60. The molecule has 6 nitrogen and oxygen atoms in total. The fourth-order valence-electron chi connectivity index (χ4n) is 2.13. The van der Waals surface area contributed by atoms with E-state index >= 15 is 0 Å². The normalized spacial score (nSPS) is 17.0. The Morgan fingerprint density at radius 3 is 2.68 bits per heavy atom. The van der Waals surface area contributed by atoms with E-state index in [0.29, 0.717) is 28.3 Å². The van der Waals surface area contributed by atoms with Gasteiger partial charge in [0.25, 0.3) is 0 Å². The zero-order valence-electron chi connectivity index (χ0n) is 14.9. The monoisotopic (exact) mass is 380 g/mol. The maximum atomic E-state index is 12.6. The SMILES string of the molecule is CC(C)CNC(=O)Nc1ccccc1C[S+]([O-])C1=NC(=S)C(C)(C)N1. The fourth-order valence-corrected chi connectivity index (χ4v) is 3.56. The number of nitrogens with one attached hydrogen (secondary N) is 3. The van der Waals surface area contributed by atoms with Crippen molar-refractivity contribution >= 4 is 45.3 Å². The van der Waals surface area contributed by atoms with E-state index in [1.807, 2.05) is 45.9 Å². The average molecular weight is 381 g/mol. The summed E-state index contributed by atoms with van der Waals surface area (Å²) < 4.78 is 12.6. The molecular weight excluding hydrogens is 356 g/mol. The van der Waals surface area contributed by atoms with Gasteiger partial charge in [-0.25, -0.2) is 4.79 Å². The van der Waals surface area contributed by atoms with Gasteiger partial charge < -0.3 is 20.5 Å². The Bertz CT molecular complexity index is 689. The maximum Gasteiger partial charge on any atom is 0.319 e. The number of nitrogens with zero attached hydrogens (tertiary/aromatic N) is 1. The molecule has 0 spiro atoms. The Morgan fingerprint density at radius 1 is 1.40 bits per heavy atom. The van der Waals surface area contributed by atoms with E-state index in [1.54, 1.807) is 6.07 Å². The van der Waals surface area contributed by atoms with E-state index in [1.165, 1.54) is 0 Å². The van der Waals surface area contributed by atoms with Gasteiger partial charge in [0, 0.05) is 23.3 Å². The quantitative estimate of drug-likeness (QED) is 0.541. The molecule has 1 aromatic carbocycles. The molecule has 1 aromatic rings. The van der Waals surface area contributed by atoms with Crippen molar-refractivity contribution in [3.8, 4) is 0 Å². The topological polar surface area (TPSA) is 88.6 Å². The van der Waals surface area contributed by atoms with Gasteiger partial charge >= 0.3 is 11.2 Å². The number of benzene rings is 1. The zero-order chi connectivity index (χ0) is 18.6. The smallest absolute Gasteiger partial charge is 0.319 e. The van der Waals surface area contributed by atoms with E-state index in [4.69, 9.17) is 12.2 Å². The molecule has 0 radical (unpaired) electrons. The average Bonchev–Trinajstić information content (AvgIpc) is 2.81. The van der Waals surface area contributed by atoms with Crippen LogP contribution in [0.25, 0.3) is 0 Å². The number of anilines is 1. The summed E-state index contributed by atoms with van der Waals surface area (Å²) in [5.74, 6) is 0.609. The van der Waals surface area contributed by atoms with Crippen LogP contribution in [0.5, 0.6) is 0 Å². The first-order valence-corrected chi connectivity index (χ1v) is 9.84. The van der Waals surface area contributed by atoms with Crippen molar-refractivity contribution in [1.82, 2.24) is 10.6 Å². The van der Waals surface area contributed by atoms with Crippen LogP contribution in [0.2, 0.25) is 0 Å². The van der Waals surface area contributed by atoms with Crippen LogP contribution in [0, 0.1) is 5.92 Å². The van der Waals surface area contributed by atoms with Crippen molar-refractivity contribution in [2.45, 2.75) is 39.0 Å². The lowest BCUT2D eigenvalue weighted by atomic mass is 10.1. The van der Waals surface area contributed by atoms with Gasteiger partial charge in [-0.2, -0.15) is 4.99 Å². The Hall–Kier alpha value is -1.64. The largest absolute Gasteiger partial charge is 0.609 e. The van der Waals surface area contributed by atoms with Gasteiger partial charge in [0.2, 0.25) is 0 Å². The standard InChI is InChI=1S/C17H24N4O2S2/c1-11(2)9-18-15(22)19-13-8-6-5-7-12(13)10-25(23)16-20-14(24)17(3,4)21-16/h5-8,11H,9-10H2,1-4H3,(H2,18,19,22)(H,20,21,24). The summed E-state index contributed by atoms with van der Waals surface area (Å²) in [5.41, 5.74) is 0.952. The van der Waals surface area contributed by atoms with E-state index in [9.17, 15) is 9.35 Å². The van der Waals surface area contributed by atoms with Crippen LogP contribution >= 0.6 is 12.2 Å². The minimum Gasteiger partial charge on any atom is -0.609 e. The second kappa shape index (κ2) is 8.16. The van der Waals surface area contributed by atoms with Crippen molar-refractivity contribution in [3.63, 3.8) is 0 Å². The molecule has 1 unspecified atom stereocenters. The van der Waals surface area contributed by atoms with Crippen LogP contribution in [-0.2, 0) is 16.9 Å². The van der Waals surface area contributed by atoms with Gasteiger partial charge in [-0.1, -0.05) is 44.3 Å². The molecule has 2 amide bonds. The van der Waals surface area contributed by atoms with Gasteiger partial charge in [-0.05, 0) is 25.8 Å². The minimum atomic E-state index is -1.37. The summed E-state index contributed by atoms with van der Waals surface area (Å²) >= 11 is 3.83. The molecule has 1 atom stereocenters. The van der Waals surface area contributed by atoms with Crippen molar-refractivity contribution in [2.75, 3.05) is 11.9 Å². The highest BCUT2D eigenvalue weighted by Crippen LogP contribution is 2.22. The third-order valence-electron chi connectivity index (χ3n) is 3.60. The molecule has 0 saturated heterocycles. The van der Waals surface area contributed by atoms with Crippen LogP contribution < -0.4 is 16.0 Å². The molecule has 1 aliphatic heterocycles. The first-order chi connectivity index (χ1) is 11.7. The molecule has 2 rings (SSSR count). The molecule has 25 heavy (non-hydrogen) atoms. The Balaban J connectivity index is 2.04. The maximum absolute atomic E-state index is 12.6. The van der Waals surface area contributed by atoms with E-state index < -0.39 is 16.7 Å². The third kappa shape index (κ3) is 5.42. The number of thiocarbonyl (C=S) groups is 1. The lowest BCUT2D eigenvalue weighted by Crippen LogP contribution is -2.44. The molecule has 136 valence electrons. The van der Waals surface area contributed by atoms with Crippen LogP contribution in [0.3, 0.4) is 0 Å². The lowest BCUT2D eigenvalue weighted by molar-refractivity contribution is 0.251. The third-order valence-corrected chi connectivity index (χ3v) is 5.40. The molecule has 0 saturated carbocycles. The Kier molecular flexibility index (Phi) is 6.42. The lowest BCUT2D eigenvalue weighted by Gasteiger charge is -2.19. The first kappa shape index (κ1) is 19.7. The van der Waals surface area contributed by atoms with Crippen molar-refractivity contribution in [3.05, 3.63) is 29.8 Å². The van der Waals surface area contributed by atoms with Gasteiger partial charge in [-0.15, -0.1) is 0 Å². The zero-order valence-corrected chi connectivity index (χ0v) is 16.5. The van der Waals surface area contributed by atoms with Crippen LogP contribution in [0.1, 0.15) is 33.3 Å². The molecule has 0 aromatic heterocycles. The predicted molar refractivity (Wildman–Crippen MR) is 107 cm³/mol. The number of carbonyl (C=O) groups is 1. The highest BCUT2D eigenvalue weighted by Gasteiger charge is 2.37. The van der Waals surface area contributed by atoms with Gasteiger partial charge in [0.05, 0.1) is 11.2 Å². The summed E-state index contributed by atoms with van der Waals surface area (Å²) in [4.78, 5) is 16.7. The van der Waals surface area contributed by atoms with Gasteiger partial charge in [-0.3, -0.25) is 0 Å². The Labute approximate surface area is 157 Å². The highest BCUT2D eigenvalue weighted by atomic mass is 32.2. The first-order valence-electron chi connectivity index (χ1n) is 8.11. The van der Waals surface area contributed by atoms with Crippen LogP contribution in [0.15, 0.2) is 29.3 Å². The number of para-hydroxylation sites is 1. The van der Waals surface area contributed by atoms with E-state index in [0.717, 1.165) is 5.56 Å². The van der Waals surface area contributed by atoms with Gasteiger partial charge in [0.1, 0.15) is 10.7 Å². The van der Waals surface area contributed by atoms with Gasteiger partial charge in [0.15, 0.2) is 0 Å².